The number of aromatic nitrogens is 2. The summed E-state index contributed by atoms with van der Waals surface area (Å²) in [6.07, 6.45) is 1.22. The van der Waals surface area contributed by atoms with Crippen molar-refractivity contribution in [3.8, 4) is 11.4 Å². The van der Waals surface area contributed by atoms with Crippen LogP contribution in [0.4, 0.5) is 0 Å². The van der Waals surface area contributed by atoms with E-state index in [1.165, 1.54) is 12.0 Å². The third kappa shape index (κ3) is 1.61. The van der Waals surface area contributed by atoms with Gasteiger partial charge in [0, 0.05) is 18.5 Å². The van der Waals surface area contributed by atoms with Crippen molar-refractivity contribution in [2.24, 2.45) is 0 Å². The zero-order valence-corrected chi connectivity index (χ0v) is 9.10. The minimum Gasteiger partial charge on any atom is -0.339 e. The molecule has 0 saturated carbocycles. The molecule has 2 aromatic rings. The number of nitrogens with zero attached hydrogens (tertiary/aromatic N) is 2. The van der Waals surface area contributed by atoms with Crippen LogP contribution in [0, 0.1) is 6.92 Å². The van der Waals surface area contributed by atoms with Gasteiger partial charge in [0.25, 0.3) is 0 Å². The highest BCUT2D eigenvalue weighted by Gasteiger charge is 2.18. The second kappa shape index (κ2) is 3.72. The molecule has 0 aliphatic carbocycles. The molecule has 0 bridgehead atoms. The lowest BCUT2D eigenvalue weighted by Gasteiger charge is -2.27. The van der Waals surface area contributed by atoms with Crippen LogP contribution in [-0.4, -0.2) is 16.7 Å². The van der Waals surface area contributed by atoms with E-state index in [0.717, 1.165) is 12.1 Å². The molecule has 1 aromatic heterocycles. The largest absolute Gasteiger partial charge is 0.339 e. The Morgan fingerprint density at radius 2 is 2.06 bits per heavy atom. The smallest absolute Gasteiger partial charge is 0.223 e. The maximum absolute atomic E-state index is 4.96. The first-order chi connectivity index (χ1) is 7.83. The van der Waals surface area contributed by atoms with Crippen LogP contribution in [0.25, 0.3) is 11.4 Å². The average molecular weight is 215 g/mol. The van der Waals surface area contributed by atoms with Gasteiger partial charge < -0.3 is 9.84 Å². The number of hydrogen-bond acceptors (Lipinski definition) is 4. The summed E-state index contributed by atoms with van der Waals surface area (Å²) >= 11 is 0. The van der Waals surface area contributed by atoms with Crippen molar-refractivity contribution in [2.75, 3.05) is 6.54 Å². The van der Waals surface area contributed by atoms with Gasteiger partial charge in [-0.3, -0.25) is 0 Å². The van der Waals surface area contributed by atoms with Crippen molar-refractivity contribution >= 4 is 0 Å². The van der Waals surface area contributed by atoms with E-state index in [-0.39, 0.29) is 0 Å². The molecule has 4 nitrogen and oxygen atoms in total. The Balaban J connectivity index is 1.86. The molecule has 2 heterocycles. The molecule has 3 rings (SSSR count). The maximum Gasteiger partial charge on any atom is 0.223 e. The topological polar surface area (TPSA) is 51.0 Å². The van der Waals surface area contributed by atoms with Crippen LogP contribution in [0.5, 0.6) is 0 Å². The molecule has 1 unspecified atom stereocenters. The molecular weight excluding hydrogens is 202 g/mol. The third-order valence-electron chi connectivity index (χ3n) is 2.92. The van der Waals surface area contributed by atoms with E-state index in [9.17, 15) is 0 Å². The summed E-state index contributed by atoms with van der Waals surface area (Å²) < 4.78 is 4.96. The Kier molecular flexibility index (Phi) is 2.22. The van der Waals surface area contributed by atoms with Gasteiger partial charge in [-0.15, -0.1) is 0 Å². The van der Waals surface area contributed by atoms with Gasteiger partial charge in [0.05, 0.1) is 0 Å². The minimum absolute atomic E-state index is 0.529. The standard InChI is InChI=1S/C12H13N3O/c1-8-14-12(15-16-8)10-4-2-9(3-5-10)11-6-7-13-11/h2-5,11,13H,6-7H2,1H3. The van der Waals surface area contributed by atoms with Gasteiger partial charge in [0.15, 0.2) is 0 Å². The van der Waals surface area contributed by atoms with Crippen molar-refractivity contribution in [1.82, 2.24) is 15.5 Å². The quantitative estimate of drug-likeness (QED) is 0.833. The maximum atomic E-state index is 4.96. The van der Waals surface area contributed by atoms with E-state index in [1.54, 1.807) is 6.92 Å². The normalized spacial score (nSPS) is 19.4. The van der Waals surface area contributed by atoms with E-state index in [0.29, 0.717) is 17.8 Å². The van der Waals surface area contributed by atoms with E-state index < -0.39 is 0 Å². The summed E-state index contributed by atoms with van der Waals surface area (Å²) in [6, 6.07) is 8.86. The lowest BCUT2D eigenvalue weighted by atomic mass is 9.97. The van der Waals surface area contributed by atoms with E-state index in [4.69, 9.17) is 4.52 Å². The summed E-state index contributed by atoms with van der Waals surface area (Å²) in [7, 11) is 0. The van der Waals surface area contributed by atoms with Gasteiger partial charge >= 0.3 is 0 Å². The molecule has 1 N–H and O–H groups in total. The average Bonchev–Trinajstić information content (AvgIpc) is 2.63. The van der Waals surface area contributed by atoms with Crippen molar-refractivity contribution in [3.63, 3.8) is 0 Å². The number of hydrogen-bond donors (Lipinski definition) is 1. The van der Waals surface area contributed by atoms with Crippen molar-refractivity contribution in [1.29, 1.82) is 0 Å². The van der Waals surface area contributed by atoms with Crippen LogP contribution < -0.4 is 5.32 Å². The first-order valence-electron chi connectivity index (χ1n) is 5.47. The molecule has 1 aliphatic rings. The highest BCUT2D eigenvalue weighted by Crippen LogP contribution is 2.25. The van der Waals surface area contributed by atoms with Crippen LogP contribution in [0.3, 0.4) is 0 Å². The minimum atomic E-state index is 0.529. The molecule has 0 radical (unpaired) electrons. The summed E-state index contributed by atoms with van der Waals surface area (Å²) in [5.74, 6) is 1.25. The van der Waals surface area contributed by atoms with E-state index in [1.807, 2.05) is 12.1 Å². The Morgan fingerprint density at radius 3 is 2.56 bits per heavy atom. The lowest BCUT2D eigenvalue weighted by molar-refractivity contribution is 0.383. The first kappa shape index (κ1) is 9.54. The zero-order chi connectivity index (χ0) is 11.0. The fourth-order valence-electron chi connectivity index (χ4n) is 1.85. The summed E-state index contributed by atoms with van der Waals surface area (Å²) in [6.45, 7) is 2.92. The number of nitrogens with one attached hydrogen (secondary N) is 1. The fraction of sp³-hybridized carbons (Fsp3) is 0.333. The molecule has 0 spiro atoms. The SMILES string of the molecule is Cc1nc(-c2ccc(C3CCN3)cc2)no1. The van der Waals surface area contributed by atoms with Gasteiger partial charge in [-0.1, -0.05) is 29.4 Å². The summed E-state index contributed by atoms with van der Waals surface area (Å²) in [5, 5.41) is 7.27. The highest BCUT2D eigenvalue weighted by atomic mass is 16.5. The molecule has 0 amide bonds. The monoisotopic (exact) mass is 215 g/mol. The van der Waals surface area contributed by atoms with Crippen molar-refractivity contribution < 1.29 is 4.52 Å². The summed E-state index contributed by atoms with van der Waals surface area (Å²) in [5.41, 5.74) is 2.33. The van der Waals surface area contributed by atoms with Crippen LogP contribution in [-0.2, 0) is 0 Å². The molecule has 82 valence electrons. The molecular formula is C12H13N3O. The number of rotatable bonds is 2. The molecule has 4 heteroatoms. The van der Waals surface area contributed by atoms with Gasteiger partial charge in [0.2, 0.25) is 11.7 Å². The second-order valence-electron chi connectivity index (χ2n) is 4.05. The van der Waals surface area contributed by atoms with Crippen molar-refractivity contribution in [2.45, 2.75) is 19.4 Å². The molecule has 1 saturated heterocycles. The fourth-order valence-corrected chi connectivity index (χ4v) is 1.85. The second-order valence-corrected chi connectivity index (χ2v) is 4.05. The molecule has 1 aliphatic heterocycles. The number of aryl methyl sites for hydroxylation is 1. The van der Waals surface area contributed by atoms with Gasteiger partial charge in [-0.25, -0.2) is 0 Å². The molecule has 16 heavy (non-hydrogen) atoms. The lowest BCUT2D eigenvalue weighted by Crippen LogP contribution is -2.34. The molecule has 1 atom stereocenters. The predicted molar refractivity (Wildman–Crippen MR) is 59.8 cm³/mol. The van der Waals surface area contributed by atoms with E-state index in [2.05, 4.69) is 27.6 Å². The van der Waals surface area contributed by atoms with Crippen LogP contribution in [0.15, 0.2) is 28.8 Å². The highest BCUT2D eigenvalue weighted by molar-refractivity contribution is 5.54. The first-order valence-corrected chi connectivity index (χ1v) is 5.47. The molecule has 1 fully saturated rings. The Morgan fingerprint density at radius 1 is 1.31 bits per heavy atom. The molecule has 1 aromatic carbocycles. The number of benzene rings is 1. The van der Waals surface area contributed by atoms with Crippen LogP contribution >= 0.6 is 0 Å². The Bertz CT molecular complexity index is 485. The summed E-state index contributed by atoms with van der Waals surface area (Å²) in [4.78, 5) is 4.20. The van der Waals surface area contributed by atoms with Gasteiger partial charge in [0.1, 0.15) is 0 Å². The Labute approximate surface area is 93.7 Å². The van der Waals surface area contributed by atoms with Crippen LogP contribution in [0.2, 0.25) is 0 Å². The van der Waals surface area contributed by atoms with E-state index >= 15 is 0 Å². The third-order valence-corrected chi connectivity index (χ3v) is 2.92. The zero-order valence-electron chi connectivity index (χ0n) is 9.10. The van der Waals surface area contributed by atoms with Crippen molar-refractivity contribution in [3.05, 3.63) is 35.7 Å². The van der Waals surface area contributed by atoms with Gasteiger partial charge in [-0.2, -0.15) is 4.98 Å². The Hall–Kier alpha value is -1.68. The van der Waals surface area contributed by atoms with Gasteiger partial charge in [-0.05, 0) is 18.5 Å². The predicted octanol–water partition coefficient (Wildman–Crippen LogP) is 2.08. The van der Waals surface area contributed by atoms with Crippen LogP contribution in [0.1, 0.15) is 23.9 Å².